The lowest BCUT2D eigenvalue weighted by Crippen LogP contribution is -2.37. The second-order valence-electron chi connectivity index (χ2n) is 5.52. The summed E-state index contributed by atoms with van der Waals surface area (Å²) in [5, 5.41) is 14.0. The average molecular weight is 283 g/mol. The van der Waals surface area contributed by atoms with Gasteiger partial charge in [0.2, 0.25) is 0 Å². The molecule has 2 aromatic carbocycles. The highest BCUT2D eigenvalue weighted by atomic mass is 16.5. The van der Waals surface area contributed by atoms with Gasteiger partial charge in [0.1, 0.15) is 5.75 Å². The van der Waals surface area contributed by atoms with E-state index in [-0.39, 0.29) is 6.04 Å². The molecule has 0 heterocycles. The summed E-state index contributed by atoms with van der Waals surface area (Å²) in [6.45, 7) is 0.737. The van der Waals surface area contributed by atoms with E-state index in [2.05, 4.69) is 17.4 Å². The van der Waals surface area contributed by atoms with E-state index in [1.54, 1.807) is 7.11 Å². The molecule has 2 atom stereocenters. The third-order valence-corrected chi connectivity index (χ3v) is 4.18. The number of hydrogen-bond acceptors (Lipinski definition) is 3. The summed E-state index contributed by atoms with van der Waals surface area (Å²) in [6, 6.07) is 16.3. The maximum Gasteiger partial charge on any atom is 0.119 e. The summed E-state index contributed by atoms with van der Waals surface area (Å²) >= 11 is 0. The summed E-state index contributed by atoms with van der Waals surface area (Å²) in [7, 11) is 1.67. The van der Waals surface area contributed by atoms with Gasteiger partial charge in [-0.05, 0) is 41.7 Å². The molecule has 1 aliphatic rings. The van der Waals surface area contributed by atoms with Crippen LogP contribution < -0.4 is 10.1 Å². The molecule has 0 radical (unpaired) electrons. The van der Waals surface area contributed by atoms with Crippen LogP contribution >= 0.6 is 0 Å². The number of aryl methyl sites for hydroxylation is 1. The molecular weight excluding hydrogens is 262 g/mol. The Morgan fingerprint density at radius 1 is 1.19 bits per heavy atom. The maximum atomic E-state index is 10.5. The Morgan fingerprint density at radius 2 is 2.05 bits per heavy atom. The SMILES string of the molecule is COc1cccc(CN[C@H]2CCc3ccccc3[C@@H]2O)c1. The third-order valence-electron chi connectivity index (χ3n) is 4.18. The third kappa shape index (κ3) is 3.09. The Morgan fingerprint density at radius 3 is 2.90 bits per heavy atom. The van der Waals surface area contributed by atoms with Crippen molar-refractivity contribution in [2.75, 3.05) is 7.11 Å². The molecule has 3 rings (SSSR count). The number of methoxy groups -OCH3 is 1. The lowest BCUT2D eigenvalue weighted by atomic mass is 9.86. The van der Waals surface area contributed by atoms with Crippen LogP contribution in [0.3, 0.4) is 0 Å². The standard InChI is InChI=1S/C18H21NO2/c1-21-15-7-4-5-13(11-15)12-19-17-10-9-14-6-2-3-8-16(14)18(17)20/h2-8,11,17-20H,9-10,12H2,1H3/t17-,18-/m0/s1. The number of aliphatic hydroxyl groups excluding tert-OH is 1. The van der Waals surface area contributed by atoms with Crippen LogP contribution in [-0.2, 0) is 13.0 Å². The van der Waals surface area contributed by atoms with Gasteiger partial charge in [0.25, 0.3) is 0 Å². The van der Waals surface area contributed by atoms with Crippen molar-refractivity contribution in [3.63, 3.8) is 0 Å². The molecule has 2 N–H and O–H groups in total. The Hall–Kier alpha value is -1.84. The molecule has 0 bridgehead atoms. The second kappa shape index (κ2) is 6.29. The number of fused-ring (bicyclic) bond motifs is 1. The van der Waals surface area contributed by atoms with E-state index in [9.17, 15) is 5.11 Å². The van der Waals surface area contributed by atoms with Crippen LogP contribution in [0.2, 0.25) is 0 Å². The fourth-order valence-corrected chi connectivity index (χ4v) is 2.98. The van der Waals surface area contributed by atoms with Gasteiger partial charge < -0.3 is 15.2 Å². The molecule has 3 nitrogen and oxygen atoms in total. The molecule has 3 heteroatoms. The molecule has 21 heavy (non-hydrogen) atoms. The number of nitrogens with one attached hydrogen (secondary N) is 1. The minimum Gasteiger partial charge on any atom is -0.497 e. The van der Waals surface area contributed by atoms with Gasteiger partial charge in [0.05, 0.1) is 13.2 Å². The fraction of sp³-hybridized carbons (Fsp3) is 0.333. The number of rotatable bonds is 4. The fourth-order valence-electron chi connectivity index (χ4n) is 2.98. The first-order valence-corrected chi connectivity index (χ1v) is 7.40. The van der Waals surface area contributed by atoms with E-state index in [0.717, 1.165) is 30.7 Å². The monoisotopic (exact) mass is 283 g/mol. The van der Waals surface area contributed by atoms with Gasteiger partial charge in [-0.15, -0.1) is 0 Å². The molecule has 1 aliphatic carbocycles. The summed E-state index contributed by atoms with van der Waals surface area (Å²) in [4.78, 5) is 0. The van der Waals surface area contributed by atoms with Gasteiger partial charge in [-0.1, -0.05) is 36.4 Å². The van der Waals surface area contributed by atoms with E-state index in [4.69, 9.17) is 4.74 Å². The van der Waals surface area contributed by atoms with Crippen LogP contribution in [-0.4, -0.2) is 18.3 Å². The summed E-state index contributed by atoms with van der Waals surface area (Å²) in [5.74, 6) is 0.865. The van der Waals surface area contributed by atoms with Crippen LogP contribution in [0.15, 0.2) is 48.5 Å². The molecule has 110 valence electrons. The van der Waals surface area contributed by atoms with Crippen molar-refractivity contribution in [3.05, 3.63) is 65.2 Å². The number of aliphatic hydroxyl groups is 1. The predicted octanol–water partition coefficient (Wildman–Crippen LogP) is 2.83. The number of benzene rings is 2. The van der Waals surface area contributed by atoms with E-state index >= 15 is 0 Å². The zero-order valence-electron chi connectivity index (χ0n) is 12.3. The molecule has 2 aromatic rings. The van der Waals surface area contributed by atoms with Gasteiger partial charge >= 0.3 is 0 Å². The van der Waals surface area contributed by atoms with E-state index in [1.165, 1.54) is 11.1 Å². The van der Waals surface area contributed by atoms with Crippen molar-refractivity contribution in [2.45, 2.75) is 31.5 Å². The van der Waals surface area contributed by atoms with Crippen LogP contribution in [0.4, 0.5) is 0 Å². The molecule has 0 aliphatic heterocycles. The average Bonchev–Trinajstić information content (AvgIpc) is 2.55. The smallest absolute Gasteiger partial charge is 0.119 e. The molecule has 0 fully saturated rings. The first-order chi connectivity index (χ1) is 10.3. The summed E-state index contributed by atoms with van der Waals surface area (Å²) < 4.78 is 5.24. The molecule has 0 spiro atoms. The van der Waals surface area contributed by atoms with Crippen molar-refractivity contribution in [2.24, 2.45) is 0 Å². The highest BCUT2D eigenvalue weighted by Crippen LogP contribution is 2.29. The first-order valence-electron chi connectivity index (χ1n) is 7.40. The van der Waals surface area contributed by atoms with Gasteiger partial charge in [-0.2, -0.15) is 0 Å². The van der Waals surface area contributed by atoms with Crippen LogP contribution in [0, 0.1) is 0 Å². The topological polar surface area (TPSA) is 41.5 Å². The van der Waals surface area contributed by atoms with Gasteiger partial charge in [-0.25, -0.2) is 0 Å². The normalized spacial score (nSPS) is 20.9. The van der Waals surface area contributed by atoms with Gasteiger partial charge in [0.15, 0.2) is 0 Å². The lowest BCUT2D eigenvalue weighted by molar-refractivity contribution is 0.114. The number of ether oxygens (including phenoxy) is 1. The van der Waals surface area contributed by atoms with E-state index in [1.807, 2.05) is 36.4 Å². The van der Waals surface area contributed by atoms with E-state index in [0.29, 0.717) is 0 Å². The molecular formula is C18H21NO2. The van der Waals surface area contributed by atoms with Crippen molar-refractivity contribution in [1.82, 2.24) is 5.32 Å². The predicted molar refractivity (Wildman–Crippen MR) is 83.3 cm³/mol. The summed E-state index contributed by atoms with van der Waals surface area (Å²) in [5.41, 5.74) is 3.50. The van der Waals surface area contributed by atoms with E-state index < -0.39 is 6.10 Å². The zero-order chi connectivity index (χ0) is 14.7. The van der Waals surface area contributed by atoms with Crippen molar-refractivity contribution in [3.8, 4) is 5.75 Å². The Bertz CT molecular complexity index is 612. The van der Waals surface area contributed by atoms with Crippen molar-refractivity contribution < 1.29 is 9.84 Å². The van der Waals surface area contributed by atoms with Gasteiger partial charge in [0, 0.05) is 12.6 Å². The minimum absolute atomic E-state index is 0.103. The highest BCUT2D eigenvalue weighted by Gasteiger charge is 2.26. The van der Waals surface area contributed by atoms with Crippen molar-refractivity contribution >= 4 is 0 Å². The molecule has 0 saturated heterocycles. The zero-order valence-corrected chi connectivity index (χ0v) is 12.3. The first kappa shape index (κ1) is 14.1. The second-order valence-corrected chi connectivity index (χ2v) is 5.52. The van der Waals surface area contributed by atoms with Gasteiger partial charge in [-0.3, -0.25) is 0 Å². The Labute approximate surface area is 125 Å². The molecule has 0 amide bonds. The quantitative estimate of drug-likeness (QED) is 0.906. The van der Waals surface area contributed by atoms with Crippen LogP contribution in [0.5, 0.6) is 5.75 Å². The molecule has 0 unspecified atom stereocenters. The maximum absolute atomic E-state index is 10.5. The van der Waals surface area contributed by atoms with Crippen LogP contribution in [0.1, 0.15) is 29.2 Å². The van der Waals surface area contributed by atoms with Crippen molar-refractivity contribution in [1.29, 1.82) is 0 Å². The van der Waals surface area contributed by atoms with Crippen LogP contribution in [0.25, 0.3) is 0 Å². The lowest BCUT2D eigenvalue weighted by Gasteiger charge is -2.31. The molecule has 0 aromatic heterocycles. The Balaban J connectivity index is 1.66. The Kier molecular flexibility index (Phi) is 4.23. The highest BCUT2D eigenvalue weighted by molar-refractivity contribution is 5.33. The largest absolute Gasteiger partial charge is 0.497 e. The number of hydrogen-bond donors (Lipinski definition) is 2. The molecule has 0 saturated carbocycles. The summed E-state index contributed by atoms with van der Waals surface area (Å²) in [6.07, 6.45) is 1.55. The minimum atomic E-state index is -0.430.